The average molecular weight is 299 g/mol. The number of aliphatic carboxylic acids is 1. The van der Waals surface area contributed by atoms with E-state index in [4.69, 9.17) is 11.6 Å². The molecule has 6 heteroatoms. The van der Waals surface area contributed by atoms with Crippen molar-refractivity contribution in [3.63, 3.8) is 0 Å². The summed E-state index contributed by atoms with van der Waals surface area (Å²) in [5.74, 6) is -1.93. The molecule has 0 spiro atoms. The van der Waals surface area contributed by atoms with Crippen LogP contribution >= 0.6 is 11.6 Å². The number of allylic oxidation sites excluding steroid dienone is 3. The Labute approximate surface area is 122 Å². The third-order valence-electron chi connectivity index (χ3n) is 2.58. The minimum absolute atomic E-state index is 0.0686. The van der Waals surface area contributed by atoms with E-state index in [1.807, 2.05) is 13.0 Å². The molecule has 0 fully saturated rings. The number of carboxylic acids is 1. The van der Waals surface area contributed by atoms with Gasteiger partial charge in [-0.1, -0.05) is 30.2 Å². The zero-order valence-corrected chi connectivity index (χ0v) is 12.3. The van der Waals surface area contributed by atoms with Gasteiger partial charge in [-0.3, -0.25) is 0 Å². The molecule has 1 N–H and O–H groups in total. The lowest BCUT2D eigenvalue weighted by molar-refractivity contribution is -0.132. The lowest BCUT2D eigenvalue weighted by atomic mass is 10.2. The van der Waals surface area contributed by atoms with Gasteiger partial charge < -0.3 is 10.0 Å². The third-order valence-corrected chi connectivity index (χ3v) is 2.78. The summed E-state index contributed by atoms with van der Waals surface area (Å²) in [7, 11) is 1.44. The van der Waals surface area contributed by atoms with E-state index >= 15 is 0 Å². The number of rotatable bonds is 5. The highest BCUT2D eigenvalue weighted by atomic mass is 35.5. The van der Waals surface area contributed by atoms with Crippen LogP contribution in [-0.2, 0) is 4.79 Å². The summed E-state index contributed by atoms with van der Waals surface area (Å²) in [6, 6.07) is 1.09. The summed E-state index contributed by atoms with van der Waals surface area (Å²) < 4.78 is 13.8. The molecule has 0 aliphatic carbocycles. The maximum Gasteiger partial charge on any atom is 0.352 e. The predicted octanol–water partition coefficient (Wildman–Crippen LogP) is 3.64. The fourth-order valence-corrected chi connectivity index (χ4v) is 1.81. The van der Waals surface area contributed by atoms with E-state index in [0.29, 0.717) is 0 Å². The highest BCUT2D eigenvalue weighted by molar-refractivity contribution is 6.30. The van der Waals surface area contributed by atoms with Crippen molar-refractivity contribution in [2.75, 3.05) is 11.9 Å². The Kier molecular flexibility index (Phi) is 5.70. The second-order valence-corrected chi connectivity index (χ2v) is 4.65. The summed E-state index contributed by atoms with van der Waals surface area (Å²) >= 11 is 5.63. The highest BCUT2D eigenvalue weighted by Gasteiger charge is 2.19. The fraction of sp³-hybridized carbons (Fsp3) is 0.286. The topological polar surface area (TPSA) is 53.4 Å². The number of aromatic nitrogens is 1. The Morgan fingerprint density at radius 1 is 1.60 bits per heavy atom. The van der Waals surface area contributed by atoms with Gasteiger partial charge in [-0.15, -0.1) is 0 Å². The first-order valence-electron chi connectivity index (χ1n) is 6.03. The number of pyridine rings is 1. The zero-order chi connectivity index (χ0) is 15.3. The van der Waals surface area contributed by atoms with Crippen molar-refractivity contribution < 1.29 is 14.3 Å². The van der Waals surface area contributed by atoms with Crippen LogP contribution in [0.1, 0.15) is 20.3 Å². The lowest BCUT2D eigenvalue weighted by Crippen LogP contribution is -2.25. The standard InChI is InChI=1S/C14H16ClFN2O2/c1-4-5-9(2)6-12(14(19)20)18(3)13-11(16)7-10(15)8-17-13/h5-8H,4H2,1-3H3,(H,19,20)/b9-5+,12-6-. The van der Waals surface area contributed by atoms with E-state index in [2.05, 4.69) is 4.98 Å². The van der Waals surface area contributed by atoms with E-state index in [9.17, 15) is 14.3 Å². The molecular formula is C14H16ClFN2O2. The smallest absolute Gasteiger partial charge is 0.352 e. The van der Waals surface area contributed by atoms with Gasteiger partial charge in [0.15, 0.2) is 11.6 Å². The quantitative estimate of drug-likeness (QED) is 0.666. The lowest BCUT2D eigenvalue weighted by Gasteiger charge is -2.19. The van der Waals surface area contributed by atoms with Crippen molar-refractivity contribution in [3.05, 3.63) is 46.5 Å². The predicted molar refractivity (Wildman–Crippen MR) is 77.4 cm³/mol. The van der Waals surface area contributed by atoms with Crippen molar-refractivity contribution >= 4 is 23.4 Å². The van der Waals surface area contributed by atoms with Crippen LogP contribution in [0.4, 0.5) is 10.2 Å². The molecule has 0 aliphatic heterocycles. The van der Waals surface area contributed by atoms with Crippen molar-refractivity contribution in [2.24, 2.45) is 0 Å². The minimum Gasteiger partial charge on any atom is -0.477 e. The van der Waals surface area contributed by atoms with E-state index < -0.39 is 11.8 Å². The maximum absolute atomic E-state index is 13.8. The Balaban J connectivity index is 3.22. The molecule has 0 saturated carbocycles. The highest BCUT2D eigenvalue weighted by Crippen LogP contribution is 2.22. The number of hydrogen-bond donors (Lipinski definition) is 1. The minimum atomic E-state index is -1.16. The van der Waals surface area contributed by atoms with Crippen molar-refractivity contribution in [3.8, 4) is 0 Å². The van der Waals surface area contributed by atoms with Gasteiger partial charge in [-0.2, -0.15) is 0 Å². The molecule has 0 radical (unpaired) electrons. The summed E-state index contributed by atoms with van der Waals surface area (Å²) in [6.45, 7) is 3.73. The van der Waals surface area contributed by atoms with E-state index in [0.717, 1.165) is 18.1 Å². The van der Waals surface area contributed by atoms with Gasteiger partial charge in [0.2, 0.25) is 0 Å². The molecule has 0 amide bonds. The number of halogens is 2. The molecule has 0 unspecified atom stereocenters. The SMILES string of the molecule is CC/C=C(C)/C=C(/C(=O)O)N(C)c1ncc(Cl)cc1F. The summed E-state index contributed by atoms with van der Waals surface area (Å²) in [5.41, 5.74) is 0.715. The first-order chi connectivity index (χ1) is 9.36. The molecule has 0 aliphatic rings. The van der Waals surface area contributed by atoms with Crippen LogP contribution in [0, 0.1) is 5.82 Å². The first-order valence-corrected chi connectivity index (χ1v) is 6.41. The molecule has 20 heavy (non-hydrogen) atoms. The summed E-state index contributed by atoms with van der Waals surface area (Å²) in [4.78, 5) is 16.3. The number of carbonyl (C=O) groups is 1. The molecular weight excluding hydrogens is 283 g/mol. The maximum atomic E-state index is 13.8. The van der Waals surface area contributed by atoms with E-state index in [1.165, 1.54) is 24.2 Å². The Morgan fingerprint density at radius 2 is 2.25 bits per heavy atom. The van der Waals surface area contributed by atoms with Gasteiger partial charge in [0.1, 0.15) is 5.70 Å². The summed E-state index contributed by atoms with van der Waals surface area (Å²) in [5, 5.41) is 9.41. The average Bonchev–Trinajstić information content (AvgIpc) is 2.35. The van der Waals surface area contributed by atoms with Crippen LogP contribution in [-0.4, -0.2) is 23.1 Å². The van der Waals surface area contributed by atoms with Gasteiger partial charge in [-0.05, 0) is 25.5 Å². The molecule has 1 aromatic heterocycles. The van der Waals surface area contributed by atoms with E-state index in [1.54, 1.807) is 6.92 Å². The normalized spacial score (nSPS) is 12.4. The molecule has 0 bridgehead atoms. The first kappa shape index (κ1) is 16.2. The van der Waals surface area contributed by atoms with Crippen LogP contribution in [0.15, 0.2) is 35.7 Å². The van der Waals surface area contributed by atoms with Crippen LogP contribution in [0.25, 0.3) is 0 Å². The fourth-order valence-electron chi connectivity index (χ4n) is 1.67. The number of hydrogen-bond acceptors (Lipinski definition) is 3. The van der Waals surface area contributed by atoms with Gasteiger partial charge in [0.05, 0.1) is 5.02 Å². The van der Waals surface area contributed by atoms with Crippen LogP contribution in [0.2, 0.25) is 5.02 Å². The molecule has 1 rings (SSSR count). The number of carboxylic acid groups (broad SMARTS) is 1. The van der Waals surface area contributed by atoms with Gasteiger partial charge >= 0.3 is 5.97 Å². The number of nitrogens with zero attached hydrogens (tertiary/aromatic N) is 2. The second-order valence-electron chi connectivity index (χ2n) is 4.21. The Morgan fingerprint density at radius 3 is 2.75 bits per heavy atom. The van der Waals surface area contributed by atoms with Crippen molar-refractivity contribution in [1.82, 2.24) is 4.98 Å². The van der Waals surface area contributed by atoms with Crippen molar-refractivity contribution in [2.45, 2.75) is 20.3 Å². The van der Waals surface area contributed by atoms with Gasteiger partial charge in [0.25, 0.3) is 0 Å². The molecule has 108 valence electrons. The van der Waals surface area contributed by atoms with Gasteiger partial charge in [-0.25, -0.2) is 14.2 Å². The third kappa shape index (κ3) is 4.06. The molecule has 0 aromatic carbocycles. The van der Waals surface area contributed by atoms with Crippen molar-refractivity contribution in [1.29, 1.82) is 0 Å². The van der Waals surface area contributed by atoms with Crippen LogP contribution < -0.4 is 4.90 Å². The van der Waals surface area contributed by atoms with Crippen LogP contribution in [0.3, 0.4) is 0 Å². The summed E-state index contributed by atoms with van der Waals surface area (Å²) in [6.07, 6.45) is 5.40. The zero-order valence-electron chi connectivity index (χ0n) is 11.5. The number of anilines is 1. The Hall–Kier alpha value is -1.88. The number of likely N-dealkylation sites (N-methyl/N-ethyl adjacent to an activating group) is 1. The largest absolute Gasteiger partial charge is 0.477 e. The molecule has 0 atom stereocenters. The molecule has 1 aromatic rings. The van der Waals surface area contributed by atoms with E-state index in [-0.39, 0.29) is 16.5 Å². The van der Waals surface area contributed by atoms with Crippen LogP contribution in [0.5, 0.6) is 0 Å². The molecule has 0 saturated heterocycles. The molecule has 4 nitrogen and oxygen atoms in total. The molecule has 1 heterocycles. The second kappa shape index (κ2) is 7.05. The Bertz CT molecular complexity index is 570. The monoisotopic (exact) mass is 298 g/mol. The van der Waals surface area contributed by atoms with Gasteiger partial charge in [0, 0.05) is 13.2 Å².